The maximum absolute atomic E-state index is 12.3. The number of hydrogen-bond donors (Lipinski definition) is 1. The molecule has 1 N–H and O–H groups in total. The number of amides is 1. The minimum atomic E-state index is -0.284. The largest absolute Gasteiger partial charge is 0.496 e. The number of para-hydroxylation sites is 1. The molecule has 0 unspecified atom stereocenters. The average molecular weight is 400 g/mol. The Kier molecular flexibility index (Phi) is 6.90. The van der Waals surface area contributed by atoms with Gasteiger partial charge >= 0.3 is 0 Å². The highest BCUT2D eigenvalue weighted by Crippen LogP contribution is 2.27. The van der Waals surface area contributed by atoms with Crippen LogP contribution in [0.3, 0.4) is 0 Å². The van der Waals surface area contributed by atoms with E-state index in [1.165, 1.54) is 0 Å². The number of nitrogens with zero attached hydrogens (tertiary/aromatic N) is 5. The summed E-state index contributed by atoms with van der Waals surface area (Å²) in [6.07, 6.45) is 2.16. The van der Waals surface area contributed by atoms with Crippen LogP contribution in [0.5, 0.6) is 5.75 Å². The third-order valence-electron chi connectivity index (χ3n) is 4.33. The van der Waals surface area contributed by atoms with E-state index >= 15 is 0 Å². The van der Waals surface area contributed by atoms with Gasteiger partial charge in [-0.1, -0.05) is 17.3 Å². The quantitative estimate of drug-likeness (QED) is 0.547. The summed E-state index contributed by atoms with van der Waals surface area (Å²) in [5, 5.41) is 14.9. The Morgan fingerprint density at radius 1 is 1.31 bits per heavy atom. The van der Waals surface area contributed by atoms with E-state index in [1.54, 1.807) is 20.5 Å². The summed E-state index contributed by atoms with van der Waals surface area (Å²) in [5.74, 6) is 2.00. The number of rotatable bonds is 10. The Labute approximate surface area is 168 Å². The van der Waals surface area contributed by atoms with Crippen LogP contribution in [0.2, 0.25) is 0 Å². The van der Waals surface area contributed by atoms with Gasteiger partial charge in [-0.25, -0.2) is 0 Å². The van der Waals surface area contributed by atoms with E-state index in [1.807, 2.05) is 35.8 Å². The molecule has 0 fully saturated rings. The van der Waals surface area contributed by atoms with Gasteiger partial charge in [-0.3, -0.25) is 4.79 Å². The molecule has 0 aliphatic carbocycles. The van der Waals surface area contributed by atoms with Crippen LogP contribution in [0, 0.1) is 0 Å². The van der Waals surface area contributed by atoms with Gasteiger partial charge in [0, 0.05) is 26.5 Å². The molecule has 10 heteroatoms. The molecule has 0 aliphatic rings. The summed E-state index contributed by atoms with van der Waals surface area (Å²) in [6.45, 7) is 3.02. The molecular formula is C19H24N6O4. The number of aromatic nitrogens is 5. The van der Waals surface area contributed by atoms with Crippen molar-refractivity contribution in [3.05, 3.63) is 42.3 Å². The predicted molar refractivity (Wildman–Crippen MR) is 103 cm³/mol. The number of methoxy groups -OCH3 is 2. The first-order chi connectivity index (χ1) is 14.1. The molecular weight excluding hydrogens is 376 g/mol. The summed E-state index contributed by atoms with van der Waals surface area (Å²) >= 11 is 0. The van der Waals surface area contributed by atoms with Crippen molar-refractivity contribution in [3.63, 3.8) is 0 Å². The molecule has 0 radical (unpaired) electrons. The molecule has 1 amide bonds. The zero-order valence-corrected chi connectivity index (χ0v) is 16.7. The number of hydrogen-bond acceptors (Lipinski definition) is 8. The van der Waals surface area contributed by atoms with Gasteiger partial charge in [-0.15, -0.1) is 10.2 Å². The average Bonchev–Trinajstić information content (AvgIpc) is 3.40. The summed E-state index contributed by atoms with van der Waals surface area (Å²) in [5.41, 5.74) is 0.735. The maximum atomic E-state index is 12.3. The molecule has 2 aromatic heterocycles. The first-order valence-electron chi connectivity index (χ1n) is 9.24. The van der Waals surface area contributed by atoms with Gasteiger partial charge in [-0.2, -0.15) is 4.98 Å². The standard InChI is InChI=1S/C19H24N6O4/c1-13(19-23-20-12-25(19)10-11-27-2)21-16(26)8-9-17-22-18(24-29-17)14-6-4-5-7-15(14)28-3/h4-7,12-13H,8-11H2,1-3H3,(H,21,26)/t13-/m1/s1. The third-order valence-corrected chi connectivity index (χ3v) is 4.33. The fraction of sp³-hybridized carbons (Fsp3) is 0.421. The van der Waals surface area contributed by atoms with E-state index in [0.717, 1.165) is 5.56 Å². The van der Waals surface area contributed by atoms with E-state index in [9.17, 15) is 4.79 Å². The Morgan fingerprint density at radius 3 is 2.93 bits per heavy atom. The van der Waals surface area contributed by atoms with E-state index in [2.05, 4.69) is 25.7 Å². The van der Waals surface area contributed by atoms with Gasteiger partial charge in [0.25, 0.3) is 0 Å². The SMILES string of the molecule is COCCn1cnnc1[C@@H](C)NC(=O)CCc1nc(-c2ccccc2OC)no1. The van der Waals surface area contributed by atoms with Crippen molar-refractivity contribution in [1.29, 1.82) is 0 Å². The molecule has 10 nitrogen and oxygen atoms in total. The van der Waals surface area contributed by atoms with Crippen molar-refractivity contribution >= 4 is 5.91 Å². The van der Waals surface area contributed by atoms with Crippen LogP contribution in [0.15, 0.2) is 35.1 Å². The van der Waals surface area contributed by atoms with E-state index in [-0.39, 0.29) is 18.4 Å². The van der Waals surface area contributed by atoms with Crippen molar-refractivity contribution in [2.45, 2.75) is 32.4 Å². The highest BCUT2D eigenvalue weighted by atomic mass is 16.5. The van der Waals surface area contributed by atoms with Crippen molar-refractivity contribution in [2.75, 3.05) is 20.8 Å². The van der Waals surface area contributed by atoms with Crippen molar-refractivity contribution in [2.24, 2.45) is 0 Å². The van der Waals surface area contributed by atoms with Crippen molar-refractivity contribution in [1.82, 2.24) is 30.2 Å². The molecule has 0 saturated heterocycles. The van der Waals surface area contributed by atoms with Gasteiger partial charge in [0.2, 0.25) is 17.6 Å². The van der Waals surface area contributed by atoms with Crippen LogP contribution in [-0.2, 0) is 22.5 Å². The lowest BCUT2D eigenvalue weighted by Gasteiger charge is -2.14. The minimum Gasteiger partial charge on any atom is -0.496 e. The molecule has 0 spiro atoms. The number of ether oxygens (including phenoxy) is 2. The molecule has 3 rings (SSSR count). The molecule has 154 valence electrons. The molecule has 0 bridgehead atoms. The Bertz CT molecular complexity index is 938. The number of nitrogens with one attached hydrogen (secondary N) is 1. The van der Waals surface area contributed by atoms with E-state index < -0.39 is 0 Å². The number of carbonyl (C=O) groups excluding carboxylic acids is 1. The van der Waals surface area contributed by atoms with Crippen LogP contribution in [0.1, 0.15) is 31.1 Å². The normalized spacial score (nSPS) is 12.0. The highest BCUT2D eigenvalue weighted by Gasteiger charge is 2.17. The molecule has 1 aromatic carbocycles. The predicted octanol–water partition coefficient (Wildman–Crippen LogP) is 1.79. The number of carbonyl (C=O) groups is 1. The highest BCUT2D eigenvalue weighted by molar-refractivity contribution is 5.76. The minimum absolute atomic E-state index is 0.143. The number of aryl methyl sites for hydroxylation is 1. The second-order valence-electron chi connectivity index (χ2n) is 6.38. The van der Waals surface area contributed by atoms with Gasteiger partial charge in [0.1, 0.15) is 12.1 Å². The van der Waals surface area contributed by atoms with E-state index in [0.29, 0.717) is 42.9 Å². The monoisotopic (exact) mass is 400 g/mol. The lowest BCUT2D eigenvalue weighted by atomic mass is 10.2. The summed E-state index contributed by atoms with van der Waals surface area (Å²) in [4.78, 5) is 16.7. The van der Waals surface area contributed by atoms with Crippen molar-refractivity contribution < 1.29 is 18.8 Å². The summed E-state index contributed by atoms with van der Waals surface area (Å²) in [6, 6.07) is 7.13. The third kappa shape index (κ3) is 5.17. The molecule has 0 aliphatic heterocycles. The molecule has 1 atom stereocenters. The fourth-order valence-electron chi connectivity index (χ4n) is 2.86. The Balaban J connectivity index is 1.55. The zero-order chi connectivity index (χ0) is 20.6. The van der Waals surface area contributed by atoms with Gasteiger partial charge < -0.3 is 23.9 Å². The van der Waals surface area contributed by atoms with Crippen molar-refractivity contribution in [3.8, 4) is 17.1 Å². The summed E-state index contributed by atoms with van der Waals surface area (Å²) in [7, 11) is 3.22. The fourth-order valence-corrected chi connectivity index (χ4v) is 2.86. The topological polar surface area (TPSA) is 117 Å². The number of benzene rings is 1. The zero-order valence-electron chi connectivity index (χ0n) is 16.7. The van der Waals surface area contributed by atoms with Gasteiger partial charge in [-0.05, 0) is 19.1 Å². The molecule has 2 heterocycles. The van der Waals surface area contributed by atoms with Crippen LogP contribution in [0.4, 0.5) is 0 Å². The Morgan fingerprint density at radius 2 is 2.14 bits per heavy atom. The first-order valence-corrected chi connectivity index (χ1v) is 9.24. The molecule has 29 heavy (non-hydrogen) atoms. The van der Waals surface area contributed by atoms with Gasteiger partial charge in [0.05, 0.1) is 25.3 Å². The first kappa shape index (κ1) is 20.5. The Hall–Kier alpha value is -3.27. The van der Waals surface area contributed by atoms with Crippen LogP contribution in [0.25, 0.3) is 11.4 Å². The summed E-state index contributed by atoms with van der Waals surface area (Å²) < 4.78 is 17.5. The molecule has 0 saturated carbocycles. The van der Waals surface area contributed by atoms with Crippen LogP contribution in [-0.4, -0.2) is 51.6 Å². The second kappa shape index (κ2) is 9.78. The van der Waals surface area contributed by atoms with E-state index in [4.69, 9.17) is 14.0 Å². The van der Waals surface area contributed by atoms with Crippen LogP contribution >= 0.6 is 0 Å². The second-order valence-corrected chi connectivity index (χ2v) is 6.38. The smallest absolute Gasteiger partial charge is 0.227 e. The lowest BCUT2D eigenvalue weighted by Crippen LogP contribution is -2.29. The maximum Gasteiger partial charge on any atom is 0.227 e. The molecule has 3 aromatic rings. The lowest BCUT2D eigenvalue weighted by molar-refractivity contribution is -0.121. The van der Waals surface area contributed by atoms with Crippen LogP contribution < -0.4 is 10.1 Å². The van der Waals surface area contributed by atoms with Gasteiger partial charge in [0.15, 0.2) is 5.82 Å².